The molecule has 3 aromatic heterocycles. The van der Waals surface area contributed by atoms with Crippen molar-refractivity contribution in [3.63, 3.8) is 0 Å². The molecule has 3 aromatic rings. The topological polar surface area (TPSA) is 92.3 Å². The lowest BCUT2D eigenvalue weighted by Gasteiger charge is -2.19. The monoisotopic (exact) mass is 410 g/mol. The molecule has 8 nitrogen and oxygen atoms in total. The van der Waals surface area contributed by atoms with Gasteiger partial charge < -0.3 is 9.64 Å². The fourth-order valence-electron chi connectivity index (χ4n) is 3.16. The first-order valence-corrected chi connectivity index (χ1v) is 10.3. The van der Waals surface area contributed by atoms with Gasteiger partial charge >= 0.3 is 6.03 Å². The van der Waals surface area contributed by atoms with E-state index in [-0.39, 0.29) is 0 Å². The molecule has 150 valence electrons. The van der Waals surface area contributed by atoms with Gasteiger partial charge in [-0.25, -0.2) is 9.78 Å². The van der Waals surface area contributed by atoms with Crippen molar-refractivity contribution in [2.75, 3.05) is 30.8 Å². The summed E-state index contributed by atoms with van der Waals surface area (Å²) in [6.07, 6.45) is 5.75. The Labute approximate surface area is 173 Å². The molecule has 1 aliphatic rings. The van der Waals surface area contributed by atoms with Crippen molar-refractivity contribution >= 4 is 29.0 Å². The number of rotatable bonds is 6. The van der Waals surface area contributed by atoms with E-state index in [1.165, 1.54) is 17.8 Å². The Morgan fingerprint density at radius 2 is 2.03 bits per heavy atom. The van der Waals surface area contributed by atoms with E-state index in [4.69, 9.17) is 4.74 Å². The highest BCUT2D eigenvalue weighted by Gasteiger charge is 2.21. The zero-order valence-electron chi connectivity index (χ0n) is 16.0. The number of likely N-dealkylation sites (N-methyl/N-ethyl adjacent to an activating group) is 1. The number of hydrogen-bond donors (Lipinski definition) is 2. The van der Waals surface area contributed by atoms with Gasteiger partial charge in [0.1, 0.15) is 23.3 Å². The van der Waals surface area contributed by atoms with Crippen LogP contribution in [0.15, 0.2) is 48.1 Å². The molecule has 0 unspecified atom stereocenters. The van der Waals surface area contributed by atoms with Crippen molar-refractivity contribution in [2.24, 2.45) is 0 Å². The third-order valence-electron chi connectivity index (χ3n) is 4.73. The van der Waals surface area contributed by atoms with Crippen molar-refractivity contribution < 1.29 is 9.53 Å². The van der Waals surface area contributed by atoms with Crippen LogP contribution in [0.2, 0.25) is 0 Å². The maximum Gasteiger partial charge on any atom is 0.326 e. The lowest BCUT2D eigenvalue weighted by molar-refractivity contribution is 0.193. The highest BCUT2D eigenvalue weighted by atomic mass is 32.1. The van der Waals surface area contributed by atoms with Gasteiger partial charge in [-0.05, 0) is 44.6 Å². The third-order valence-corrected chi connectivity index (χ3v) is 5.62. The Bertz CT molecular complexity index is 964. The van der Waals surface area contributed by atoms with E-state index in [1.54, 1.807) is 36.0 Å². The molecule has 4 rings (SSSR count). The second kappa shape index (κ2) is 8.97. The van der Waals surface area contributed by atoms with Gasteiger partial charge in [0, 0.05) is 35.4 Å². The molecular weight excluding hydrogens is 388 g/mol. The predicted octanol–water partition coefficient (Wildman–Crippen LogP) is 3.72. The molecule has 0 bridgehead atoms. The van der Waals surface area contributed by atoms with E-state index in [9.17, 15) is 4.79 Å². The minimum atomic E-state index is -0.406. The Balaban J connectivity index is 1.32. The number of nitrogens with one attached hydrogen (secondary N) is 2. The highest BCUT2D eigenvalue weighted by molar-refractivity contribution is 7.13. The molecule has 29 heavy (non-hydrogen) atoms. The molecule has 1 fully saturated rings. The minimum Gasteiger partial charge on any atom is -0.476 e. The molecule has 2 amide bonds. The number of hydrogen-bond acceptors (Lipinski definition) is 7. The van der Waals surface area contributed by atoms with Crippen molar-refractivity contribution in [2.45, 2.75) is 18.9 Å². The van der Waals surface area contributed by atoms with Crippen molar-refractivity contribution in [1.82, 2.24) is 19.9 Å². The summed E-state index contributed by atoms with van der Waals surface area (Å²) >= 11 is 1.45. The number of carbonyl (C=O) groups excluding carboxylic acids is 1. The summed E-state index contributed by atoms with van der Waals surface area (Å²) in [6.45, 7) is 1.69. The van der Waals surface area contributed by atoms with E-state index < -0.39 is 6.03 Å². The van der Waals surface area contributed by atoms with Gasteiger partial charge in [0.05, 0.1) is 0 Å². The summed E-state index contributed by atoms with van der Waals surface area (Å²) in [5.41, 5.74) is 0.956. The number of nitrogens with zero attached hydrogens (tertiary/aromatic N) is 4. The summed E-state index contributed by atoms with van der Waals surface area (Å²) in [5.74, 6) is 1.40. The Hall–Kier alpha value is -3.04. The first kappa shape index (κ1) is 19.3. The molecule has 1 saturated heterocycles. The number of thiazole rings is 1. The molecule has 1 aliphatic heterocycles. The van der Waals surface area contributed by atoms with Gasteiger partial charge in [-0.15, -0.1) is 11.3 Å². The first-order chi connectivity index (χ1) is 14.2. The molecule has 4 heterocycles. The molecule has 0 saturated carbocycles. The van der Waals surface area contributed by atoms with E-state index in [0.29, 0.717) is 30.2 Å². The molecule has 1 atom stereocenters. The van der Waals surface area contributed by atoms with Gasteiger partial charge in [-0.3, -0.25) is 15.6 Å². The van der Waals surface area contributed by atoms with Crippen LogP contribution in [0, 0.1) is 0 Å². The number of urea groups is 1. The van der Waals surface area contributed by atoms with Crippen LogP contribution in [-0.2, 0) is 0 Å². The summed E-state index contributed by atoms with van der Waals surface area (Å²) in [7, 11) is 2.11. The molecule has 0 spiro atoms. The Morgan fingerprint density at radius 1 is 1.21 bits per heavy atom. The standard InChI is InChI=1S/C20H22N6O2S/c1-26-11-3-4-15(26)12-28-18-6-2-5-16(22-18)24-20(27)25-17-13-29-19(23-17)14-7-9-21-10-8-14/h2,5-10,13,15H,3-4,11-12H2,1H3,(H2,22,24,25,27)/t15-/m0/s1. The largest absolute Gasteiger partial charge is 0.476 e. The van der Waals surface area contributed by atoms with Gasteiger partial charge in [-0.1, -0.05) is 6.07 Å². The maximum absolute atomic E-state index is 12.3. The fraction of sp³-hybridized carbons (Fsp3) is 0.300. The number of carbonyl (C=O) groups is 1. The summed E-state index contributed by atoms with van der Waals surface area (Å²) in [5, 5.41) is 8.05. The molecule has 2 N–H and O–H groups in total. The van der Waals surface area contributed by atoms with Gasteiger partial charge in [0.15, 0.2) is 0 Å². The van der Waals surface area contributed by atoms with E-state index in [1.807, 2.05) is 12.1 Å². The lowest BCUT2D eigenvalue weighted by Crippen LogP contribution is -2.30. The summed E-state index contributed by atoms with van der Waals surface area (Å²) in [6, 6.07) is 9.08. The minimum absolute atomic E-state index is 0.406. The van der Waals surface area contributed by atoms with E-state index >= 15 is 0 Å². The molecule has 0 radical (unpaired) electrons. The van der Waals surface area contributed by atoms with Crippen LogP contribution in [0.25, 0.3) is 10.6 Å². The quantitative estimate of drug-likeness (QED) is 0.643. The SMILES string of the molecule is CN1CCC[C@H]1COc1cccc(NC(=O)Nc2csc(-c3ccncc3)n2)n1. The van der Waals surface area contributed by atoms with Crippen molar-refractivity contribution in [3.05, 3.63) is 48.1 Å². The van der Waals surface area contributed by atoms with Crippen LogP contribution in [0.3, 0.4) is 0 Å². The normalized spacial score (nSPS) is 16.5. The van der Waals surface area contributed by atoms with Gasteiger partial charge in [0.25, 0.3) is 0 Å². The number of ether oxygens (including phenoxy) is 1. The lowest BCUT2D eigenvalue weighted by atomic mass is 10.2. The molecular formula is C20H22N6O2S. The number of pyridine rings is 2. The van der Waals surface area contributed by atoms with Crippen molar-refractivity contribution in [3.8, 4) is 16.5 Å². The van der Waals surface area contributed by atoms with Crippen LogP contribution >= 0.6 is 11.3 Å². The summed E-state index contributed by atoms with van der Waals surface area (Å²) in [4.78, 5) is 27.4. The average Bonchev–Trinajstić information content (AvgIpc) is 3.36. The molecule has 0 aliphatic carbocycles. The van der Waals surface area contributed by atoms with Gasteiger partial charge in [0.2, 0.25) is 5.88 Å². The smallest absolute Gasteiger partial charge is 0.326 e. The van der Waals surface area contributed by atoms with Crippen LogP contribution in [-0.4, -0.2) is 52.1 Å². The van der Waals surface area contributed by atoms with Crippen LogP contribution in [0.4, 0.5) is 16.4 Å². The van der Waals surface area contributed by atoms with Crippen LogP contribution in [0.1, 0.15) is 12.8 Å². The molecule has 9 heteroatoms. The number of likely N-dealkylation sites (tertiary alicyclic amines) is 1. The van der Waals surface area contributed by atoms with Crippen molar-refractivity contribution in [1.29, 1.82) is 0 Å². The maximum atomic E-state index is 12.3. The van der Waals surface area contributed by atoms with E-state index in [2.05, 4.69) is 37.5 Å². The zero-order valence-corrected chi connectivity index (χ0v) is 16.9. The van der Waals surface area contributed by atoms with E-state index in [0.717, 1.165) is 23.5 Å². The second-order valence-electron chi connectivity index (χ2n) is 6.80. The van der Waals surface area contributed by atoms with Crippen LogP contribution in [0.5, 0.6) is 5.88 Å². The molecule has 0 aromatic carbocycles. The second-order valence-corrected chi connectivity index (χ2v) is 7.66. The highest BCUT2D eigenvalue weighted by Crippen LogP contribution is 2.25. The first-order valence-electron chi connectivity index (χ1n) is 9.41. The fourth-order valence-corrected chi connectivity index (χ4v) is 3.92. The number of anilines is 2. The number of aromatic nitrogens is 3. The Morgan fingerprint density at radius 3 is 2.83 bits per heavy atom. The number of amides is 2. The Kier molecular flexibility index (Phi) is 5.97. The zero-order chi connectivity index (χ0) is 20.1. The summed E-state index contributed by atoms with van der Waals surface area (Å²) < 4.78 is 5.81. The predicted molar refractivity (Wildman–Crippen MR) is 113 cm³/mol. The van der Waals surface area contributed by atoms with Crippen LogP contribution < -0.4 is 15.4 Å². The third kappa shape index (κ3) is 5.07. The van der Waals surface area contributed by atoms with Gasteiger partial charge in [-0.2, -0.15) is 4.98 Å². The average molecular weight is 411 g/mol.